The van der Waals surface area contributed by atoms with Crippen molar-refractivity contribution in [3.8, 4) is 0 Å². The van der Waals surface area contributed by atoms with Crippen LogP contribution >= 0.6 is 0 Å². The second kappa shape index (κ2) is 5.54. The number of hydrogen-bond donors (Lipinski definition) is 2. The van der Waals surface area contributed by atoms with Crippen LogP contribution in [-0.4, -0.2) is 28.2 Å². The summed E-state index contributed by atoms with van der Waals surface area (Å²) in [6, 6.07) is 0. The number of rotatable bonds is 1. The van der Waals surface area contributed by atoms with Gasteiger partial charge in [-0.15, -0.1) is 0 Å². The molecular formula is C21H34O3. The quantitative estimate of drug-likeness (QED) is 0.771. The van der Waals surface area contributed by atoms with Crippen LogP contribution < -0.4 is 0 Å². The molecule has 4 fully saturated rings. The molecule has 4 aliphatic carbocycles. The molecule has 4 saturated carbocycles. The average Bonchev–Trinajstić information content (AvgIpc) is 2.84. The van der Waals surface area contributed by atoms with E-state index in [0.29, 0.717) is 30.0 Å². The molecule has 24 heavy (non-hydrogen) atoms. The molecule has 9 atom stereocenters. The van der Waals surface area contributed by atoms with E-state index in [2.05, 4.69) is 13.8 Å². The van der Waals surface area contributed by atoms with Crippen molar-refractivity contribution in [3.05, 3.63) is 0 Å². The number of carbonyl (C=O) groups excluding carboxylic acids is 1. The Morgan fingerprint density at radius 3 is 2.54 bits per heavy atom. The van der Waals surface area contributed by atoms with Crippen LogP contribution in [-0.2, 0) is 4.79 Å². The molecule has 0 radical (unpaired) electrons. The van der Waals surface area contributed by atoms with Crippen molar-refractivity contribution in [2.45, 2.75) is 84.3 Å². The van der Waals surface area contributed by atoms with E-state index in [4.69, 9.17) is 0 Å². The fourth-order valence-corrected chi connectivity index (χ4v) is 7.88. The van der Waals surface area contributed by atoms with Gasteiger partial charge in [-0.05, 0) is 86.4 Å². The molecule has 3 heteroatoms. The summed E-state index contributed by atoms with van der Waals surface area (Å²) < 4.78 is 0. The maximum absolute atomic E-state index is 13.3. The van der Waals surface area contributed by atoms with E-state index in [9.17, 15) is 15.0 Å². The maximum atomic E-state index is 13.3. The Kier molecular flexibility index (Phi) is 3.93. The summed E-state index contributed by atoms with van der Waals surface area (Å²) in [5, 5.41) is 20.4. The Morgan fingerprint density at radius 1 is 1.08 bits per heavy atom. The first kappa shape index (κ1) is 17.0. The summed E-state index contributed by atoms with van der Waals surface area (Å²) >= 11 is 0. The zero-order chi connectivity index (χ0) is 17.3. The predicted molar refractivity (Wildman–Crippen MR) is 93.3 cm³/mol. The highest BCUT2D eigenvalue weighted by Crippen LogP contribution is 2.66. The second-order valence-electron chi connectivity index (χ2n) is 10.0. The molecule has 0 aromatic rings. The van der Waals surface area contributed by atoms with Gasteiger partial charge in [0, 0.05) is 12.3 Å². The number of hydrogen-bond acceptors (Lipinski definition) is 3. The monoisotopic (exact) mass is 334 g/mol. The van der Waals surface area contributed by atoms with Crippen molar-refractivity contribution in [2.24, 2.45) is 40.4 Å². The molecule has 0 spiro atoms. The lowest BCUT2D eigenvalue weighted by atomic mass is 9.44. The van der Waals surface area contributed by atoms with Gasteiger partial charge in [0.05, 0.1) is 12.2 Å². The lowest BCUT2D eigenvalue weighted by Crippen LogP contribution is -2.58. The van der Waals surface area contributed by atoms with Crippen molar-refractivity contribution < 1.29 is 15.0 Å². The van der Waals surface area contributed by atoms with Crippen molar-refractivity contribution >= 4 is 5.78 Å². The van der Waals surface area contributed by atoms with Gasteiger partial charge in [0.1, 0.15) is 5.78 Å². The molecule has 0 saturated heterocycles. The first-order valence-electron chi connectivity index (χ1n) is 10.2. The molecular weight excluding hydrogens is 300 g/mol. The number of ketones is 1. The van der Waals surface area contributed by atoms with Crippen molar-refractivity contribution in [1.82, 2.24) is 0 Å². The van der Waals surface area contributed by atoms with E-state index >= 15 is 0 Å². The van der Waals surface area contributed by atoms with Gasteiger partial charge >= 0.3 is 0 Å². The third-order valence-corrected chi connectivity index (χ3v) is 8.98. The molecule has 0 aliphatic heterocycles. The van der Waals surface area contributed by atoms with Crippen LogP contribution in [0.3, 0.4) is 0 Å². The van der Waals surface area contributed by atoms with Crippen LogP contribution in [0.2, 0.25) is 0 Å². The van der Waals surface area contributed by atoms with Crippen molar-refractivity contribution in [3.63, 3.8) is 0 Å². The lowest BCUT2D eigenvalue weighted by Gasteiger charge is -2.60. The average molecular weight is 335 g/mol. The van der Waals surface area contributed by atoms with Gasteiger partial charge in [0.15, 0.2) is 0 Å². The largest absolute Gasteiger partial charge is 0.393 e. The molecule has 4 rings (SSSR count). The Morgan fingerprint density at radius 2 is 1.83 bits per heavy atom. The highest BCUT2D eigenvalue weighted by atomic mass is 16.3. The van der Waals surface area contributed by atoms with E-state index in [-0.39, 0.29) is 34.9 Å². The van der Waals surface area contributed by atoms with E-state index in [1.54, 1.807) is 0 Å². The summed E-state index contributed by atoms with van der Waals surface area (Å²) in [6.45, 7) is 6.55. The minimum absolute atomic E-state index is 0.00376. The van der Waals surface area contributed by atoms with Crippen LogP contribution in [0, 0.1) is 40.4 Å². The van der Waals surface area contributed by atoms with Gasteiger partial charge in [-0.25, -0.2) is 0 Å². The fraction of sp³-hybridized carbons (Fsp3) is 0.952. The summed E-state index contributed by atoms with van der Waals surface area (Å²) in [6.07, 6.45) is 7.56. The summed E-state index contributed by atoms with van der Waals surface area (Å²) in [5.41, 5.74) is 0.104. The van der Waals surface area contributed by atoms with Gasteiger partial charge in [0.25, 0.3) is 0 Å². The minimum atomic E-state index is -0.305. The normalized spacial score (nSPS) is 55.5. The number of carbonyl (C=O) groups is 1. The maximum Gasteiger partial charge on any atom is 0.137 e. The van der Waals surface area contributed by atoms with E-state index in [0.717, 1.165) is 32.1 Å². The molecule has 0 unspecified atom stereocenters. The predicted octanol–water partition coefficient (Wildman–Crippen LogP) is 3.57. The van der Waals surface area contributed by atoms with Gasteiger partial charge in [-0.1, -0.05) is 13.8 Å². The van der Waals surface area contributed by atoms with Crippen molar-refractivity contribution in [1.29, 1.82) is 0 Å². The first-order chi connectivity index (χ1) is 11.3. The third-order valence-electron chi connectivity index (χ3n) is 8.98. The number of aliphatic hydroxyl groups is 2. The van der Waals surface area contributed by atoms with Crippen LogP contribution in [0.4, 0.5) is 0 Å². The molecule has 0 aromatic carbocycles. The molecule has 3 nitrogen and oxygen atoms in total. The number of fused-ring (bicyclic) bond motifs is 5. The second-order valence-corrected chi connectivity index (χ2v) is 10.0. The smallest absolute Gasteiger partial charge is 0.137 e. The van der Waals surface area contributed by atoms with Gasteiger partial charge in [-0.3, -0.25) is 4.79 Å². The first-order valence-corrected chi connectivity index (χ1v) is 10.2. The van der Waals surface area contributed by atoms with E-state index in [1.165, 1.54) is 12.8 Å². The Hall–Kier alpha value is -0.410. The zero-order valence-electron chi connectivity index (χ0n) is 15.5. The van der Waals surface area contributed by atoms with Gasteiger partial charge in [-0.2, -0.15) is 0 Å². The molecule has 0 bridgehead atoms. The van der Waals surface area contributed by atoms with Crippen LogP contribution in [0.5, 0.6) is 0 Å². The lowest BCUT2D eigenvalue weighted by molar-refractivity contribution is -0.163. The van der Waals surface area contributed by atoms with Gasteiger partial charge < -0.3 is 10.2 Å². The topological polar surface area (TPSA) is 57.5 Å². The third kappa shape index (κ3) is 2.19. The molecule has 136 valence electrons. The zero-order valence-corrected chi connectivity index (χ0v) is 15.5. The Balaban J connectivity index is 1.67. The van der Waals surface area contributed by atoms with Crippen molar-refractivity contribution in [2.75, 3.05) is 0 Å². The van der Waals surface area contributed by atoms with Crippen LogP contribution in [0.15, 0.2) is 0 Å². The highest BCUT2D eigenvalue weighted by molar-refractivity contribution is 5.84. The summed E-state index contributed by atoms with van der Waals surface area (Å²) in [5.74, 6) is 2.58. The fourth-order valence-electron chi connectivity index (χ4n) is 7.88. The number of aliphatic hydroxyl groups excluding tert-OH is 2. The summed E-state index contributed by atoms with van der Waals surface area (Å²) in [4.78, 5) is 13.3. The Bertz CT molecular complexity index is 529. The number of Topliss-reactive ketones (excluding diaryl/α,β-unsaturated/α-hetero) is 1. The summed E-state index contributed by atoms with van der Waals surface area (Å²) in [7, 11) is 0. The molecule has 0 heterocycles. The molecule has 0 amide bonds. The molecule has 2 N–H and O–H groups in total. The van der Waals surface area contributed by atoms with Crippen LogP contribution in [0.1, 0.15) is 72.1 Å². The standard InChI is InChI=1S/C21H34O3/c1-12(22)16-6-7-17-15-5-4-13-10-14(23)8-9-20(13,2)19(15)18(24)11-21(16,17)3/h12-17,19,22-23H,4-11H2,1-3H3/t12-,13+,14+,15-,16+,17-,19+,20+,21-/m1/s1. The van der Waals surface area contributed by atoms with E-state index < -0.39 is 0 Å². The highest BCUT2D eigenvalue weighted by Gasteiger charge is 2.63. The SMILES string of the molecule is C[C@@H](O)[C@@H]1CC[C@@H]2[C@H]3CC[C@H]4C[C@@H](O)CC[C@]4(C)[C@@H]3C(=O)C[C@@]21C. The Labute approximate surface area is 146 Å². The minimum Gasteiger partial charge on any atom is -0.393 e. The molecule has 4 aliphatic rings. The molecule has 0 aromatic heterocycles. The van der Waals surface area contributed by atoms with E-state index in [1.807, 2.05) is 6.92 Å². The van der Waals surface area contributed by atoms with Gasteiger partial charge in [0.2, 0.25) is 0 Å². The van der Waals surface area contributed by atoms with Crippen LogP contribution in [0.25, 0.3) is 0 Å².